The van der Waals surface area contributed by atoms with Crippen molar-refractivity contribution in [2.24, 2.45) is 0 Å². The summed E-state index contributed by atoms with van der Waals surface area (Å²) < 4.78 is 12.9. The van der Waals surface area contributed by atoms with Gasteiger partial charge < -0.3 is 0 Å². The number of benzene rings is 1. The molecule has 1 rings (SSSR count). The van der Waals surface area contributed by atoms with E-state index in [0.717, 1.165) is 0 Å². The van der Waals surface area contributed by atoms with Gasteiger partial charge in [-0.05, 0) is 25.5 Å². The SMILES string of the molecule is Cc1cc(F)c(C)c([N+](=O)[O-])c1. The fourth-order valence-corrected chi connectivity index (χ4v) is 0.986. The lowest BCUT2D eigenvalue weighted by Gasteiger charge is -1.99. The average molecular weight is 169 g/mol. The van der Waals surface area contributed by atoms with Gasteiger partial charge in [-0.15, -0.1) is 0 Å². The highest BCUT2D eigenvalue weighted by Crippen LogP contribution is 2.21. The highest BCUT2D eigenvalue weighted by atomic mass is 19.1. The van der Waals surface area contributed by atoms with Gasteiger partial charge in [-0.3, -0.25) is 10.1 Å². The lowest BCUT2D eigenvalue weighted by molar-refractivity contribution is -0.385. The van der Waals surface area contributed by atoms with E-state index in [-0.39, 0.29) is 11.3 Å². The van der Waals surface area contributed by atoms with Gasteiger partial charge in [-0.1, -0.05) is 0 Å². The molecule has 1 aromatic rings. The van der Waals surface area contributed by atoms with Crippen LogP contribution in [0, 0.1) is 29.8 Å². The van der Waals surface area contributed by atoms with Crippen molar-refractivity contribution in [2.45, 2.75) is 13.8 Å². The van der Waals surface area contributed by atoms with E-state index in [9.17, 15) is 14.5 Å². The van der Waals surface area contributed by atoms with Gasteiger partial charge in [0, 0.05) is 6.07 Å². The number of aryl methyl sites for hydroxylation is 1. The second-order valence-corrected chi connectivity index (χ2v) is 2.65. The molecule has 0 amide bonds. The fourth-order valence-electron chi connectivity index (χ4n) is 0.986. The Morgan fingerprint density at radius 2 is 2.00 bits per heavy atom. The van der Waals surface area contributed by atoms with Crippen molar-refractivity contribution in [1.82, 2.24) is 0 Å². The van der Waals surface area contributed by atoms with Crippen molar-refractivity contribution in [3.05, 3.63) is 39.2 Å². The molecule has 0 N–H and O–H groups in total. The number of hydrogen-bond donors (Lipinski definition) is 0. The summed E-state index contributed by atoms with van der Waals surface area (Å²) >= 11 is 0. The van der Waals surface area contributed by atoms with E-state index in [0.29, 0.717) is 5.56 Å². The molecule has 0 aliphatic carbocycles. The Hall–Kier alpha value is -1.45. The van der Waals surface area contributed by atoms with Gasteiger partial charge in [-0.25, -0.2) is 4.39 Å². The largest absolute Gasteiger partial charge is 0.275 e. The summed E-state index contributed by atoms with van der Waals surface area (Å²) in [5.74, 6) is -0.526. The summed E-state index contributed by atoms with van der Waals surface area (Å²) in [5, 5.41) is 10.4. The predicted octanol–water partition coefficient (Wildman–Crippen LogP) is 2.35. The number of nitrogens with zero attached hydrogens (tertiary/aromatic N) is 1. The van der Waals surface area contributed by atoms with Crippen LogP contribution < -0.4 is 0 Å². The molecule has 64 valence electrons. The van der Waals surface area contributed by atoms with Crippen LogP contribution in [0.15, 0.2) is 12.1 Å². The minimum atomic E-state index is -0.578. The van der Waals surface area contributed by atoms with Crippen molar-refractivity contribution in [3.63, 3.8) is 0 Å². The molecular weight excluding hydrogens is 161 g/mol. The second kappa shape index (κ2) is 2.89. The van der Waals surface area contributed by atoms with Gasteiger partial charge in [0.25, 0.3) is 5.69 Å². The Bertz CT molecular complexity index is 336. The molecule has 12 heavy (non-hydrogen) atoms. The van der Waals surface area contributed by atoms with Gasteiger partial charge in [-0.2, -0.15) is 0 Å². The molecule has 0 radical (unpaired) electrons. The first-order valence-corrected chi connectivity index (χ1v) is 3.43. The molecule has 0 aliphatic heterocycles. The second-order valence-electron chi connectivity index (χ2n) is 2.65. The number of nitro benzene ring substituents is 1. The maximum Gasteiger partial charge on any atom is 0.275 e. The van der Waals surface area contributed by atoms with Crippen LogP contribution in [-0.2, 0) is 0 Å². The van der Waals surface area contributed by atoms with E-state index in [1.54, 1.807) is 6.92 Å². The van der Waals surface area contributed by atoms with Crippen LogP contribution in [0.5, 0.6) is 0 Å². The van der Waals surface area contributed by atoms with Crippen molar-refractivity contribution in [3.8, 4) is 0 Å². The maximum atomic E-state index is 12.9. The summed E-state index contributed by atoms with van der Waals surface area (Å²) in [4.78, 5) is 9.79. The molecule has 0 saturated heterocycles. The van der Waals surface area contributed by atoms with Crippen LogP contribution in [0.4, 0.5) is 10.1 Å². The first-order chi connectivity index (χ1) is 5.52. The summed E-state index contributed by atoms with van der Waals surface area (Å²) in [5.41, 5.74) is 0.489. The molecule has 0 aromatic heterocycles. The molecule has 0 aliphatic rings. The Morgan fingerprint density at radius 3 is 2.50 bits per heavy atom. The van der Waals surface area contributed by atoms with Crippen molar-refractivity contribution in [2.75, 3.05) is 0 Å². The molecule has 1 aromatic carbocycles. The van der Waals surface area contributed by atoms with E-state index in [2.05, 4.69) is 0 Å². The average Bonchev–Trinajstić information content (AvgIpc) is 1.96. The van der Waals surface area contributed by atoms with E-state index in [4.69, 9.17) is 0 Å². The number of rotatable bonds is 1. The summed E-state index contributed by atoms with van der Waals surface area (Å²) in [6.07, 6.45) is 0. The van der Waals surface area contributed by atoms with E-state index >= 15 is 0 Å². The third-order valence-electron chi connectivity index (χ3n) is 1.66. The zero-order chi connectivity index (χ0) is 9.30. The third kappa shape index (κ3) is 1.42. The Kier molecular flexibility index (Phi) is 2.08. The van der Waals surface area contributed by atoms with Gasteiger partial charge in [0.1, 0.15) is 5.82 Å². The zero-order valence-corrected chi connectivity index (χ0v) is 6.80. The van der Waals surface area contributed by atoms with Crippen LogP contribution in [0.3, 0.4) is 0 Å². The molecule has 0 saturated carbocycles. The quantitative estimate of drug-likeness (QED) is 0.478. The van der Waals surface area contributed by atoms with Crippen molar-refractivity contribution < 1.29 is 9.31 Å². The van der Waals surface area contributed by atoms with Crippen molar-refractivity contribution >= 4 is 5.69 Å². The van der Waals surface area contributed by atoms with Crippen LogP contribution in [0.1, 0.15) is 11.1 Å². The van der Waals surface area contributed by atoms with Gasteiger partial charge in [0.05, 0.1) is 10.5 Å². The normalized spacial score (nSPS) is 9.92. The molecular formula is C8H8FNO2. The van der Waals surface area contributed by atoms with E-state index in [1.165, 1.54) is 19.1 Å². The van der Waals surface area contributed by atoms with Crippen LogP contribution in [0.25, 0.3) is 0 Å². The highest BCUT2D eigenvalue weighted by Gasteiger charge is 2.14. The van der Waals surface area contributed by atoms with Gasteiger partial charge in [0.2, 0.25) is 0 Å². The topological polar surface area (TPSA) is 43.1 Å². The molecule has 3 nitrogen and oxygen atoms in total. The Morgan fingerprint density at radius 1 is 1.42 bits per heavy atom. The monoisotopic (exact) mass is 169 g/mol. The molecule has 4 heteroatoms. The highest BCUT2D eigenvalue weighted by molar-refractivity contribution is 5.42. The van der Waals surface area contributed by atoms with Crippen LogP contribution >= 0.6 is 0 Å². The lowest BCUT2D eigenvalue weighted by Crippen LogP contribution is -1.95. The standard InChI is InChI=1S/C8H8FNO2/c1-5-3-7(9)6(2)8(4-5)10(11)12/h3-4H,1-2H3. The van der Waals surface area contributed by atoms with Crippen molar-refractivity contribution in [1.29, 1.82) is 0 Å². The zero-order valence-electron chi connectivity index (χ0n) is 6.80. The number of halogens is 1. The first-order valence-electron chi connectivity index (χ1n) is 3.43. The Balaban J connectivity index is 3.37. The molecule has 0 bridgehead atoms. The van der Waals surface area contributed by atoms with E-state index in [1.807, 2.05) is 0 Å². The van der Waals surface area contributed by atoms with E-state index < -0.39 is 10.7 Å². The third-order valence-corrected chi connectivity index (χ3v) is 1.66. The minimum Gasteiger partial charge on any atom is -0.258 e. The van der Waals surface area contributed by atoms with Crippen LogP contribution in [0.2, 0.25) is 0 Å². The molecule has 0 unspecified atom stereocenters. The fraction of sp³-hybridized carbons (Fsp3) is 0.250. The lowest BCUT2D eigenvalue weighted by atomic mass is 10.1. The maximum absolute atomic E-state index is 12.9. The number of nitro groups is 1. The summed E-state index contributed by atoms with van der Waals surface area (Å²) in [7, 11) is 0. The first kappa shape index (κ1) is 8.64. The molecule has 0 fully saturated rings. The summed E-state index contributed by atoms with van der Waals surface area (Å²) in [6, 6.07) is 2.64. The summed E-state index contributed by atoms with van der Waals surface area (Å²) in [6.45, 7) is 3.02. The van der Waals surface area contributed by atoms with Gasteiger partial charge >= 0.3 is 0 Å². The predicted molar refractivity (Wildman–Crippen MR) is 42.5 cm³/mol. The van der Waals surface area contributed by atoms with Gasteiger partial charge in [0.15, 0.2) is 0 Å². The minimum absolute atomic E-state index is 0.0885. The molecule has 0 spiro atoms. The molecule has 0 atom stereocenters. The molecule has 0 heterocycles. The smallest absolute Gasteiger partial charge is 0.258 e. The van der Waals surface area contributed by atoms with Crippen LogP contribution in [-0.4, -0.2) is 4.92 Å². The number of hydrogen-bond acceptors (Lipinski definition) is 2. The Labute approximate surface area is 69.0 Å².